The number of hydrogen-bond donors (Lipinski definition) is 2. The molecule has 0 unspecified atom stereocenters. The van der Waals surface area contributed by atoms with Crippen molar-refractivity contribution >= 4 is 38.2 Å². The topological polar surface area (TPSA) is 119 Å². The number of nitrogens with one attached hydrogen (secondary N) is 2. The van der Waals surface area contributed by atoms with Gasteiger partial charge in [-0.15, -0.1) is 11.3 Å². The van der Waals surface area contributed by atoms with Crippen molar-refractivity contribution < 1.29 is 13.2 Å². The highest BCUT2D eigenvalue weighted by atomic mass is 32.2. The average Bonchev–Trinajstić information content (AvgIpc) is 3.37. The second-order valence-corrected chi connectivity index (χ2v) is 10.4. The molecule has 0 aliphatic rings. The molecule has 0 saturated carbocycles. The first-order valence-electron chi connectivity index (χ1n) is 10.3. The molecule has 1 atom stereocenters. The van der Waals surface area contributed by atoms with Crippen molar-refractivity contribution in [3.63, 3.8) is 0 Å². The third kappa shape index (κ3) is 4.58. The Kier molecular flexibility index (Phi) is 6.51. The van der Waals surface area contributed by atoms with Gasteiger partial charge in [-0.3, -0.25) is 18.7 Å². The molecule has 11 heteroatoms. The normalized spacial score (nSPS) is 12.5. The summed E-state index contributed by atoms with van der Waals surface area (Å²) in [6.45, 7) is 0.265. The number of carbonyl (C=O) groups excluding carboxylic acids is 1. The number of carbonyl (C=O) groups is 1. The Morgan fingerprint density at radius 1 is 1.00 bits per heavy atom. The zero-order valence-corrected chi connectivity index (χ0v) is 20.0. The van der Waals surface area contributed by atoms with Gasteiger partial charge in [0.05, 0.1) is 22.3 Å². The Morgan fingerprint density at radius 2 is 1.74 bits per heavy atom. The van der Waals surface area contributed by atoms with E-state index in [-0.39, 0.29) is 16.8 Å². The molecular weight excluding hydrogens is 476 g/mol. The van der Waals surface area contributed by atoms with Crippen LogP contribution in [0.5, 0.6) is 0 Å². The van der Waals surface area contributed by atoms with E-state index in [4.69, 9.17) is 0 Å². The van der Waals surface area contributed by atoms with E-state index in [2.05, 4.69) is 10.0 Å². The number of fused-ring (bicyclic) bond motifs is 1. The Morgan fingerprint density at radius 3 is 2.41 bits per heavy atom. The van der Waals surface area contributed by atoms with Crippen LogP contribution < -0.4 is 21.3 Å². The highest BCUT2D eigenvalue weighted by Gasteiger charge is 2.28. The van der Waals surface area contributed by atoms with Crippen molar-refractivity contribution in [3.8, 4) is 0 Å². The van der Waals surface area contributed by atoms with Gasteiger partial charge in [-0.1, -0.05) is 36.4 Å². The lowest BCUT2D eigenvalue weighted by atomic mass is 10.1. The molecule has 0 saturated heterocycles. The number of nitrogens with zero attached hydrogens (tertiary/aromatic N) is 2. The lowest BCUT2D eigenvalue weighted by Crippen LogP contribution is -2.40. The summed E-state index contributed by atoms with van der Waals surface area (Å²) >= 11 is 1.48. The number of sulfonamides is 1. The van der Waals surface area contributed by atoms with Crippen molar-refractivity contribution in [2.45, 2.75) is 17.5 Å². The SMILES string of the molecule is Cn1c(=O)c2cc(S(=O)(=O)N[C@@H](C(=O)NCc3cccs3)c3ccccc3)ccc2n(C)c1=O. The second kappa shape index (κ2) is 9.37. The van der Waals surface area contributed by atoms with E-state index in [1.54, 1.807) is 30.3 Å². The quantitative estimate of drug-likeness (QED) is 0.402. The zero-order chi connectivity index (χ0) is 24.5. The summed E-state index contributed by atoms with van der Waals surface area (Å²) in [5.41, 5.74) is -0.351. The average molecular weight is 499 g/mol. The number of aryl methyl sites for hydroxylation is 1. The van der Waals surface area contributed by atoms with Crippen LogP contribution in [0.4, 0.5) is 0 Å². The fourth-order valence-corrected chi connectivity index (χ4v) is 5.43. The predicted molar refractivity (Wildman–Crippen MR) is 130 cm³/mol. The van der Waals surface area contributed by atoms with Crippen LogP contribution in [0.25, 0.3) is 10.9 Å². The fourth-order valence-electron chi connectivity index (χ4n) is 3.57. The number of rotatable bonds is 7. The van der Waals surface area contributed by atoms with Gasteiger partial charge in [0.15, 0.2) is 0 Å². The van der Waals surface area contributed by atoms with Crippen LogP contribution >= 0.6 is 11.3 Å². The number of aromatic nitrogens is 2. The molecule has 1 amide bonds. The summed E-state index contributed by atoms with van der Waals surface area (Å²) < 4.78 is 31.2. The Balaban J connectivity index is 1.70. The van der Waals surface area contributed by atoms with Gasteiger partial charge in [-0.2, -0.15) is 4.72 Å². The summed E-state index contributed by atoms with van der Waals surface area (Å²) in [4.78, 5) is 38.5. The van der Waals surface area contributed by atoms with Crippen LogP contribution in [0.1, 0.15) is 16.5 Å². The van der Waals surface area contributed by atoms with E-state index in [9.17, 15) is 22.8 Å². The van der Waals surface area contributed by atoms with Crippen LogP contribution in [0.2, 0.25) is 0 Å². The first-order valence-corrected chi connectivity index (χ1v) is 12.6. The van der Waals surface area contributed by atoms with Crippen molar-refractivity contribution in [3.05, 3.63) is 97.3 Å². The van der Waals surface area contributed by atoms with Crippen molar-refractivity contribution in [2.75, 3.05) is 0 Å². The lowest BCUT2D eigenvalue weighted by molar-refractivity contribution is -0.123. The monoisotopic (exact) mass is 498 g/mol. The summed E-state index contributed by atoms with van der Waals surface area (Å²) in [7, 11) is -1.39. The lowest BCUT2D eigenvalue weighted by Gasteiger charge is -2.19. The first-order chi connectivity index (χ1) is 16.2. The van der Waals surface area contributed by atoms with E-state index in [0.717, 1.165) is 9.44 Å². The first kappa shape index (κ1) is 23.6. The van der Waals surface area contributed by atoms with E-state index in [1.165, 1.54) is 48.2 Å². The van der Waals surface area contributed by atoms with E-state index < -0.39 is 33.2 Å². The van der Waals surface area contributed by atoms with Crippen LogP contribution in [0.3, 0.4) is 0 Å². The Labute approximate surface area is 199 Å². The number of hydrogen-bond acceptors (Lipinski definition) is 6. The van der Waals surface area contributed by atoms with Crippen molar-refractivity contribution in [1.29, 1.82) is 0 Å². The number of thiophene rings is 1. The molecule has 0 fully saturated rings. The molecule has 0 bridgehead atoms. The molecule has 2 heterocycles. The Hall–Kier alpha value is -3.54. The van der Waals surface area contributed by atoms with Crippen LogP contribution in [-0.2, 0) is 35.5 Å². The summed E-state index contributed by atoms with van der Waals surface area (Å²) in [6.07, 6.45) is 0. The molecule has 0 radical (unpaired) electrons. The van der Waals surface area contributed by atoms with Gasteiger partial charge in [-0.05, 0) is 35.2 Å². The fraction of sp³-hybridized carbons (Fsp3) is 0.174. The molecule has 0 aliphatic carbocycles. The third-order valence-electron chi connectivity index (χ3n) is 5.43. The zero-order valence-electron chi connectivity index (χ0n) is 18.4. The van der Waals surface area contributed by atoms with Gasteiger partial charge in [0.2, 0.25) is 15.9 Å². The molecule has 0 spiro atoms. The van der Waals surface area contributed by atoms with E-state index >= 15 is 0 Å². The maximum absolute atomic E-state index is 13.3. The van der Waals surface area contributed by atoms with E-state index in [0.29, 0.717) is 11.1 Å². The van der Waals surface area contributed by atoms with Gasteiger partial charge < -0.3 is 5.32 Å². The van der Waals surface area contributed by atoms with Gasteiger partial charge in [0.25, 0.3) is 5.56 Å². The summed E-state index contributed by atoms with van der Waals surface area (Å²) in [5, 5.41) is 4.73. The molecule has 176 valence electrons. The highest BCUT2D eigenvalue weighted by molar-refractivity contribution is 7.89. The molecule has 34 heavy (non-hydrogen) atoms. The minimum absolute atomic E-state index is 0.0749. The third-order valence-corrected chi connectivity index (χ3v) is 7.73. The number of benzene rings is 2. The van der Waals surface area contributed by atoms with Crippen LogP contribution in [0, 0.1) is 0 Å². The molecule has 4 aromatic rings. The maximum atomic E-state index is 13.3. The maximum Gasteiger partial charge on any atom is 0.330 e. The smallest absolute Gasteiger partial charge is 0.330 e. The van der Waals surface area contributed by atoms with Crippen LogP contribution in [-0.4, -0.2) is 23.5 Å². The van der Waals surface area contributed by atoms with E-state index in [1.807, 2.05) is 17.5 Å². The highest BCUT2D eigenvalue weighted by Crippen LogP contribution is 2.20. The van der Waals surface area contributed by atoms with Crippen molar-refractivity contribution in [2.24, 2.45) is 14.1 Å². The summed E-state index contributed by atoms with van der Waals surface area (Å²) in [6, 6.07) is 15.0. The van der Waals surface area contributed by atoms with Gasteiger partial charge >= 0.3 is 5.69 Å². The largest absolute Gasteiger partial charge is 0.350 e. The van der Waals surface area contributed by atoms with Crippen LogP contribution in [0.15, 0.2) is 80.5 Å². The van der Waals surface area contributed by atoms with Gasteiger partial charge in [0.1, 0.15) is 6.04 Å². The molecule has 9 nitrogen and oxygen atoms in total. The molecule has 2 aromatic carbocycles. The predicted octanol–water partition coefficient (Wildman–Crippen LogP) is 1.63. The molecule has 4 rings (SSSR count). The molecule has 2 N–H and O–H groups in total. The second-order valence-electron chi connectivity index (χ2n) is 7.65. The van der Waals surface area contributed by atoms with Crippen molar-refractivity contribution in [1.82, 2.24) is 19.2 Å². The molecule has 0 aliphatic heterocycles. The minimum atomic E-state index is -4.21. The molecule has 2 aromatic heterocycles. The molecular formula is C23H22N4O5S2. The van der Waals surface area contributed by atoms with Gasteiger partial charge in [0, 0.05) is 19.0 Å². The number of amides is 1. The minimum Gasteiger partial charge on any atom is -0.350 e. The standard InChI is InChI=1S/C23H22N4O5S2/c1-26-19-11-10-17(13-18(19)22(29)27(2)23(26)30)34(31,32)25-20(15-7-4-3-5-8-15)21(28)24-14-16-9-6-12-33-16/h3-13,20,25H,14H2,1-2H3,(H,24,28)/t20-/m1/s1. The van der Waals surface area contributed by atoms with Gasteiger partial charge in [-0.25, -0.2) is 13.2 Å². The Bertz CT molecular complexity index is 1570. The summed E-state index contributed by atoms with van der Waals surface area (Å²) in [5.74, 6) is -0.512.